The highest BCUT2D eigenvalue weighted by Crippen LogP contribution is 2.54. The number of nitrogens with zero attached hydrogens (tertiary/aromatic N) is 16. The summed E-state index contributed by atoms with van der Waals surface area (Å²) in [6.07, 6.45) is 2.75. The maximum absolute atomic E-state index is 7.47. The first-order valence-electron chi connectivity index (χ1n) is 38.3. The standard InChI is InChI=1S/C22H18N4O.C20H23N3.C19H21N3.C18H19N3.C17H17N3/c1-13-10-17-16-6-5-9-24-22(16)27-21(17)12-19(13)26-14(2)25(4)18-8-7-15(23-3)11-20(18)26;1-12-10-13(2)20(15(4)14(12)3)23-16(5)22(7)18-9-8-17(21-6)11-19(18)23;1-12-7-8-13(2)19(14(12)3)22-15(4)21(6)17-10-9-16(20-5)11-18(17)22;1-12-9-10-13(2)17(11-12)21-14(3)20(5)16-8-6-7-15(19-4)18(16)21;1-12-8-5-6-10-15(12)20-13(2)19(4)16-11-7-9-14(18-3)17(16)20/h5-12,14H,1-2,4H3;8-11,16H,1-5,7H3;7-11,15H,1-4,6H3;6-11,14H,1-3,5H3;5-11,13H,1-2,4H3/t14-;16-;15-;14-;13-/m00000/s1. The maximum Gasteiger partial charge on any atom is 0.227 e. The number of benzene rings is 10. The fraction of sp³-hybridized carbons (Fsp3) is 0.271. The van der Waals surface area contributed by atoms with Crippen molar-refractivity contribution in [3.63, 3.8) is 0 Å². The molecule has 10 aromatic carbocycles. The SMILES string of the molecule is [C-]#[N+]c1ccc2c(c1)N(c1c(C)cc(C)c(C)c1C)[C@@H](C)N2C.[C-]#[N+]c1ccc2c(c1)N(c1c(C)ccc(C)c1C)[C@@H](C)N2C.[C-]#[N+]c1ccc2c(c1)N(c1cc3oc4ncccc4c3cc1C)[C@@H](C)N2C.[C-]#[N+]c1cccc2c1N(c1cc(C)ccc1C)[C@@H](C)N2C.[C-]#[N+]c1cccc2c1N(c1ccccc1C)[C@@H](C)N2C. The predicted molar refractivity (Wildman–Crippen MR) is 473 cm³/mol. The molecule has 568 valence electrons. The van der Waals surface area contributed by atoms with E-state index < -0.39 is 0 Å². The van der Waals surface area contributed by atoms with E-state index in [0.717, 1.165) is 73.1 Å². The smallest absolute Gasteiger partial charge is 0.227 e. The largest absolute Gasteiger partial charge is 0.438 e. The van der Waals surface area contributed by atoms with E-state index in [1.165, 1.54) is 89.8 Å². The van der Waals surface area contributed by atoms with Crippen LogP contribution in [0.5, 0.6) is 0 Å². The van der Waals surface area contributed by atoms with Crippen LogP contribution in [0, 0.1) is 109 Å². The van der Waals surface area contributed by atoms with Gasteiger partial charge in [-0.2, -0.15) is 0 Å². The van der Waals surface area contributed by atoms with Gasteiger partial charge in [-0.1, -0.05) is 91.0 Å². The number of aromatic nitrogens is 1. The van der Waals surface area contributed by atoms with Crippen molar-refractivity contribution >= 4 is 136 Å². The van der Waals surface area contributed by atoms with Gasteiger partial charge in [0.1, 0.15) is 36.4 Å². The number of hydrogen-bond donors (Lipinski definition) is 0. The first-order valence-corrected chi connectivity index (χ1v) is 38.3. The quantitative estimate of drug-likeness (QED) is 0.154. The highest BCUT2D eigenvalue weighted by Gasteiger charge is 2.39. The number of furan rings is 1. The third-order valence-electron chi connectivity index (χ3n) is 23.8. The van der Waals surface area contributed by atoms with Crippen LogP contribution in [0.2, 0.25) is 0 Å². The van der Waals surface area contributed by atoms with Crippen molar-refractivity contribution in [3.8, 4) is 0 Å². The van der Waals surface area contributed by atoms with Crippen molar-refractivity contribution in [2.75, 3.05) is 84.2 Å². The Labute approximate surface area is 667 Å². The molecule has 0 spiro atoms. The highest BCUT2D eigenvalue weighted by molar-refractivity contribution is 6.06. The van der Waals surface area contributed by atoms with Gasteiger partial charge in [-0.05, 0) is 251 Å². The number of pyridine rings is 1. The lowest BCUT2D eigenvalue weighted by atomic mass is 9.97. The van der Waals surface area contributed by atoms with Crippen molar-refractivity contribution in [1.82, 2.24) is 4.98 Å². The Bertz CT molecular complexity index is 5980. The molecule has 0 unspecified atom stereocenters. The molecule has 5 aliphatic heterocycles. The molecule has 0 saturated carbocycles. The summed E-state index contributed by atoms with van der Waals surface area (Å²) in [5, 5.41) is 2.11. The first kappa shape index (κ1) is 77.7. The van der Waals surface area contributed by atoms with Crippen LogP contribution in [0.1, 0.15) is 95.8 Å². The van der Waals surface area contributed by atoms with Crippen LogP contribution in [0.15, 0.2) is 187 Å². The Balaban J connectivity index is 0.000000124. The lowest BCUT2D eigenvalue weighted by Crippen LogP contribution is -2.36. The molecule has 113 heavy (non-hydrogen) atoms. The molecule has 0 bridgehead atoms. The summed E-state index contributed by atoms with van der Waals surface area (Å²) in [5.41, 5.74) is 36.0. The topological polar surface area (TPSA) is 80.2 Å². The number of fused-ring (bicyclic) bond motifs is 8. The van der Waals surface area contributed by atoms with Crippen LogP contribution >= 0.6 is 0 Å². The van der Waals surface area contributed by atoms with Crippen molar-refractivity contribution in [2.45, 2.75) is 142 Å². The number of hydrogen-bond acceptors (Lipinski definition) is 12. The second-order valence-corrected chi connectivity index (χ2v) is 30.4. The minimum absolute atomic E-state index is 0.139. The van der Waals surface area contributed by atoms with Crippen LogP contribution in [0.25, 0.3) is 46.3 Å². The van der Waals surface area contributed by atoms with Crippen molar-refractivity contribution in [2.24, 2.45) is 0 Å². The number of anilines is 15. The summed E-state index contributed by atoms with van der Waals surface area (Å²) in [5.74, 6) is 0. The normalized spacial score (nSPS) is 16.6. The van der Waals surface area contributed by atoms with Crippen LogP contribution < -0.4 is 49.0 Å². The molecule has 17 nitrogen and oxygen atoms in total. The third-order valence-corrected chi connectivity index (χ3v) is 23.8. The number of rotatable bonds is 5. The monoisotopic (exact) mass is 1490 g/mol. The van der Waals surface area contributed by atoms with E-state index in [1.54, 1.807) is 6.20 Å². The molecule has 0 saturated heterocycles. The Morgan fingerprint density at radius 2 is 0.717 bits per heavy atom. The van der Waals surface area contributed by atoms with Gasteiger partial charge in [-0.3, -0.25) is 0 Å². The summed E-state index contributed by atoms with van der Waals surface area (Å²) >= 11 is 0. The van der Waals surface area contributed by atoms with E-state index in [9.17, 15) is 0 Å². The summed E-state index contributed by atoms with van der Waals surface area (Å²) in [6, 6.07) is 59.3. The molecule has 17 heteroatoms. The molecule has 2 aromatic heterocycles. The summed E-state index contributed by atoms with van der Waals surface area (Å²) in [4.78, 5) is 45.3. The van der Waals surface area contributed by atoms with Gasteiger partial charge in [0.15, 0.2) is 17.1 Å². The van der Waals surface area contributed by atoms with E-state index >= 15 is 0 Å². The van der Waals surface area contributed by atoms with Crippen LogP contribution in [0.3, 0.4) is 0 Å². The van der Waals surface area contributed by atoms with Crippen molar-refractivity contribution in [3.05, 3.63) is 300 Å². The molecule has 7 heterocycles. The van der Waals surface area contributed by atoms with Gasteiger partial charge in [0.05, 0.1) is 89.7 Å². The minimum Gasteiger partial charge on any atom is -0.438 e. The van der Waals surface area contributed by atoms with Crippen LogP contribution in [0.4, 0.5) is 114 Å². The average Bonchev–Trinajstić information content (AvgIpc) is 1.53. The average molecular weight is 1490 g/mol. The summed E-state index contributed by atoms with van der Waals surface area (Å²) in [6.45, 7) is 71.5. The van der Waals surface area contributed by atoms with Crippen LogP contribution in [-0.2, 0) is 0 Å². The molecule has 0 amide bonds. The van der Waals surface area contributed by atoms with Gasteiger partial charge in [0.25, 0.3) is 0 Å². The zero-order valence-corrected chi connectivity index (χ0v) is 68.8. The van der Waals surface area contributed by atoms with E-state index in [4.69, 9.17) is 37.3 Å². The molecule has 0 N–H and O–H groups in total. The van der Waals surface area contributed by atoms with E-state index in [1.807, 2.05) is 91.0 Å². The van der Waals surface area contributed by atoms with E-state index in [0.29, 0.717) is 34.2 Å². The van der Waals surface area contributed by atoms with E-state index in [2.05, 4.69) is 309 Å². The zero-order chi connectivity index (χ0) is 81.0. The van der Waals surface area contributed by atoms with Gasteiger partial charge in [0.2, 0.25) is 17.1 Å². The molecule has 5 atom stereocenters. The Morgan fingerprint density at radius 3 is 1.22 bits per heavy atom. The van der Waals surface area contributed by atoms with Crippen LogP contribution in [-0.4, -0.2) is 71.1 Å². The summed E-state index contributed by atoms with van der Waals surface area (Å²) in [7, 11) is 10.5. The summed E-state index contributed by atoms with van der Waals surface area (Å²) < 4.78 is 6.00. The highest BCUT2D eigenvalue weighted by atomic mass is 16.3. The lowest BCUT2D eigenvalue weighted by Gasteiger charge is -2.31. The van der Waals surface area contributed by atoms with Gasteiger partial charge in [-0.15, -0.1) is 0 Å². The minimum atomic E-state index is 0.139. The maximum atomic E-state index is 7.47. The molecular weight excluding hydrogens is 1390 g/mol. The van der Waals surface area contributed by atoms with Crippen molar-refractivity contribution in [1.29, 1.82) is 0 Å². The van der Waals surface area contributed by atoms with Gasteiger partial charge >= 0.3 is 0 Å². The fourth-order valence-electron chi connectivity index (χ4n) is 16.7. The third kappa shape index (κ3) is 13.7. The molecular formula is C96H98N16O. The Morgan fingerprint density at radius 1 is 0.292 bits per heavy atom. The Hall–Kier alpha value is -13.4. The molecule has 0 fully saturated rings. The van der Waals surface area contributed by atoms with E-state index in [-0.39, 0.29) is 30.8 Å². The number of para-hydroxylation sites is 3. The van der Waals surface area contributed by atoms with Crippen molar-refractivity contribution < 1.29 is 4.42 Å². The molecule has 12 aromatic rings. The van der Waals surface area contributed by atoms with Gasteiger partial charge in [0, 0.05) is 86.7 Å². The first-order chi connectivity index (χ1) is 54.1. The van der Waals surface area contributed by atoms with Gasteiger partial charge in [-0.25, -0.2) is 29.2 Å². The second-order valence-electron chi connectivity index (χ2n) is 30.4. The number of aryl methyl sites for hydroxylation is 8. The Kier molecular flexibility index (Phi) is 21.4. The molecule has 0 aliphatic carbocycles. The second kappa shape index (κ2) is 31.2. The fourth-order valence-corrected chi connectivity index (χ4v) is 16.7. The molecule has 0 radical (unpaired) electrons. The lowest BCUT2D eigenvalue weighted by molar-refractivity contribution is 0.653. The molecule has 17 rings (SSSR count). The zero-order valence-electron chi connectivity index (χ0n) is 68.8. The predicted octanol–water partition coefficient (Wildman–Crippen LogP) is 25.5. The van der Waals surface area contributed by atoms with Gasteiger partial charge < -0.3 is 53.4 Å². The molecule has 5 aliphatic rings.